The standard InChI is InChI=1S/C32H31F26NO2S2/c1-3-4-5-6-9-59-20(60)61-19-17(14-62-10-7-21(33,34)23(37,38)25(41,42)27(45,46)29(49,50)31(53,54)55)12-16(2)13-18(19)15-63-11-8-22(35,36)24(39,40)26(43,44)28(47,48)30(51,52)32(56,57)58/h12-13H,3-11,14-15H2,1-2H3,(H,59,60). The zero-order valence-corrected chi connectivity index (χ0v) is 33.0. The summed E-state index contributed by atoms with van der Waals surface area (Å²) in [6, 6.07) is 2.00. The van der Waals surface area contributed by atoms with Crippen LogP contribution in [0.15, 0.2) is 12.1 Å². The third kappa shape index (κ3) is 11.5. The minimum Gasteiger partial charge on any atom is -0.410 e. The minimum absolute atomic E-state index is 0.00202. The van der Waals surface area contributed by atoms with Crippen LogP contribution in [0.2, 0.25) is 0 Å². The number of rotatable bonds is 24. The topological polar surface area (TPSA) is 38.3 Å². The summed E-state index contributed by atoms with van der Waals surface area (Å²) in [5.41, 5.74) is -0.808. The average Bonchev–Trinajstić information content (AvgIpc) is 3.11. The van der Waals surface area contributed by atoms with Gasteiger partial charge < -0.3 is 10.1 Å². The molecule has 0 aliphatic carbocycles. The van der Waals surface area contributed by atoms with E-state index in [4.69, 9.17) is 4.74 Å². The van der Waals surface area contributed by atoms with Crippen LogP contribution < -0.4 is 10.1 Å². The molecule has 0 fully saturated rings. The maximum Gasteiger partial charge on any atom is 0.460 e. The molecule has 0 aliphatic rings. The summed E-state index contributed by atoms with van der Waals surface area (Å²) in [6.45, 7) is 2.86. The monoisotopic (exact) mass is 1020 g/mol. The molecule has 63 heavy (non-hydrogen) atoms. The van der Waals surface area contributed by atoms with Crippen molar-refractivity contribution in [1.82, 2.24) is 5.32 Å². The number of carbonyl (C=O) groups excluding carboxylic acids is 1. The Kier molecular flexibility index (Phi) is 18.2. The van der Waals surface area contributed by atoms with Crippen LogP contribution in [0.5, 0.6) is 5.75 Å². The van der Waals surface area contributed by atoms with Gasteiger partial charge in [-0.25, -0.2) is 4.79 Å². The number of hydrogen-bond donors (Lipinski definition) is 1. The van der Waals surface area contributed by atoms with E-state index < -0.39 is 130 Å². The molecule has 0 bridgehead atoms. The Balaban J connectivity index is 3.41. The number of ether oxygens (including phenoxy) is 1. The third-order valence-corrected chi connectivity index (χ3v) is 10.5. The van der Waals surface area contributed by atoms with E-state index >= 15 is 0 Å². The number of halogens is 26. The summed E-state index contributed by atoms with van der Waals surface area (Å²) in [5, 5.41) is 2.21. The first-order valence-corrected chi connectivity index (χ1v) is 19.4. The maximum absolute atomic E-state index is 14.3. The molecular weight excluding hydrogens is 988 g/mol. The molecule has 0 radical (unpaired) electrons. The van der Waals surface area contributed by atoms with Crippen LogP contribution in [0.4, 0.5) is 119 Å². The predicted molar refractivity (Wildman–Crippen MR) is 172 cm³/mol. The van der Waals surface area contributed by atoms with Gasteiger partial charge in [0.25, 0.3) is 0 Å². The Morgan fingerprint density at radius 2 is 0.841 bits per heavy atom. The van der Waals surface area contributed by atoms with E-state index in [1.807, 2.05) is 0 Å². The zero-order valence-electron chi connectivity index (χ0n) is 31.4. The van der Waals surface area contributed by atoms with Crippen molar-refractivity contribution < 1.29 is 124 Å². The number of unbranched alkanes of at least 4 members (excludes halogenated alkanes) is 3. The van der Waals surface area contributed by atoms with Gasteiger partial charge in [-0.2, -0.15) is 138 Å². The van der Waals surface area contributed by atoms with Crippen LogP contribution in [0.1, 0.15) is 62.1 Å². The van der Waals surface area contributed by atoms with Gasteiger partial charge >= 0.3 is 77.7 Å². The molecule has 31 heteroatoms. The number of benzene rings is 1. The van der Waals surface area contributed by atoms with Crippen LogP contribution in [0, 0.1) is 6.92 Å². The summed E-state index contributed by atoms with van der Waals surface area (Å²) >= 11 is -0.0527. The van der Waals surface area contributed by atoms with Gasteiger partial charge in [0.15, 0.2) is 0 Å². The normalized spacial score (nSPS) is 14.9. The average molecular weight is 1020 g/mol. The lowest BCUT2D eigenvalue weighted by molar-refractivity contribution is -0.439. The van der Waals surface area contributed by atoms with Gasteiger partial charge in [0.1, 0.15) is 5.75 Å². The van der Waals surface area contributed by atoms with Gasteiger partial charge in [0.2, 0.25) is 0 Å². The van der Waals surface area contributed by atoms with Crippen LogP contribution in [-0.4, -0.2) is 95.7 Å². The molecule has 1 N–H and O–H groups in total. The van der Waals surface area contributed by atoms with Crippen molar-refractivity contribution >= 4 is 29.6 Å². The molecule has 1 amide bonds. The van der Waals surface area contributed by atoms with Gasteiger partial charge in [-0.3, -0.25) is 0 Å². The summed E-state index contributed by atoms with van der Waals surface area (Å²) in [7, 11) is 0. The Labute approximate surface area is 346 Å². The highest BCUT2D eigenvalue weighted by atomic mass is 32.2. The summed E-state index contributed by atoms with van der Waals surface area (Å²) in [5.74, 6) is -82.0. The van der Waals surface area contributed by atoms with Crippen LogP contribution in [-0.2, 0) is 11.5 Å². The Bertz CT molecular complexity index is 1570. The predicted octanol–water partition coefficient (Wildman–Crippen LogP) is 14.4. The third-order valence-electron chi connectivity index (χ3n) is 8.51. The SMILES string of the molecule is CCCCCCNC(=O)Oc1c(CSCCC(F)(F)C(F)(F)C(F)(F)C(F)(F)C(F)(F)C(F)(F)F)cc(C)cc1CSCCC(F)(F)C(F)(F)C(F)(F)C(F)(F)C(F)(F)C(F)(F)F. The summed E-state index contributed by atoms with van der Waals surface area (Å²) in [4.78, 5) is 12.6. The number of amides is 1. The van der Waals surface area contributed by atoms with E-state index in [2.05, 4.69) is 5.32 Å². The molecular formula is C32H31F26NO2S2. The molecule has 0 aromatic heterocycles. The van der Waals surface area contributed by atoms with Crippen molar-refractivity contribution in [3.63, 3.8) is 0 Å². The maximum atomic E-state index is 14.3. The smallest absolute Gasteiger partial charge is 0.410 e. The second kappa shape index (κ2) is 19.7. The van der Waals surface area contributed by atoms with Gasteiger partial charge in [-0.1, -0.05) is 43.9 Å². The van der Waals surface area contributed by atoms with Crippen LogP contribution in [0.25, 0.3) is 0 Å². The largest absolute Gasteiger partial charge is 0.460 e. The van der Waals surface area contributed by atoms with Crippen molar-refractivity contribution in [2.24, 2.45) is 0 Å². The molecule has 3 nitrogen and oxygen atoms in total. The summed E-state index contributed by atoms with van der Waals surface area (Å²) in [6.07, 6.45) is -19.7. The summed E-state index contributed by atoms with van der Waals surface area (Å²) < 4.78 is 355. The fourth-order valence-corrected chi connectivity index (χ4v) is 6.79. The van der Waals surface area contributed by atoms with Gasteiger partial charge in [-0.15, -0.1) is 0 Å². The molecule has 0 saturated heterocycles. The number of thioether (sulfide) groups is 2. The molecule has 1 rings (SSSR count). The van der Waals surface area contributed by atoms with Crippen LogP contribution >= 0.6 is 23.5 Å². The second-order valence-electron chi connectivity index (χ2n) is 13.4. The molecule has 1 aromatic carbocycles. The molecule has 0 saturated carbocycles. The second-order valence-corrected chi connectivity index (χ2v) is 15.6. The molecule has 1 aromatic rings. The fraction of sp³-hybridized carbons (Fsp3) is 0.781. The molecule has 0 atom stereocenters. The molecule has 0 spiro atoms. The molecule has 0 heterocycles. The zero-order chi connectivity index (χ0) is 49.9. The van der Waals surface area contributed by atoms with E-state index in [-0.39, 0.29) is 35.6 Å². The molecule has 0 unspecified atom stereocenters. The van der Waals surface area contributed by atoms with Gasteiger partial charge in [0.05, 0.1) is 0 Å². The van der Waals surface area contributed by atoms with E-state index in [0.717, 1.165) is 18.6 Å². The highest BCUT2D eigenvalue weighted by molar-refractivity contribution is 7.98. The quantitative estimate of drug-likeness (QED) is 0.0827. The Morgan fingerprint density at radius 1 is 0.508 bits per heavy atom. The molecule has 0 aliphatic heterocycles. The van der Waals surface area contributed by atoms with E-state index in [9.17, 15) is 119 Å². The fourth-order valence-electron chi connectivity index (χ4n) is 4.83. The van der Waals surface area contributed by atoms with E-state index in [1.165, 1.54) is 6.92 Å². The first-order valence-electron chi connectivity index (χ1n) is 17.1. The molecule has 370 valence electrons. The van der Waals surface area contributed by atoms with E-state index in [0.29, 0.717) is 19.3 Å². The number of nitrogens with one attached hydrogen (secondary N) is 1. The van der Waals surface area contributed by atoms with E-state index in [1.54, 1.807) is 6.92 Å². The minimum atomic E-state index is -8.15. The lowest BCUT2D eigenvalue weighted by Gasteiger charge is -2.39. The number of aryl methyl sites for hydroxylation is 1. The lowest BCUT2D eigenvalue weighted by atomic mass is 9.93. The van der Waals surface area contributed by atoms with Crippen molar-refractivity contribution in [2.75, 3.05) is 18.1 Å². The highest BCUT2D eigenvalue weighted by Crippen LogP contribution is 2.62. The van der Waals surface area contributed by atoms with Crippen molar-refractivity contribution in [3.05, 3.63) is 28.8 Å². The lowest BCUT2D eigenvalue weighted by Crippen LogP contribution is -2.70. The van der Waals surface area contributed by atoms with Gasteiger partial charge in [-0.05, 0) is 24.9 Å². The Morgan fingerprint density at radius 3 is 1.16 bits per heavy atom. The van der Waals surface area contributed by atoms with Crippen LogP contribution in [0.3, 0.4) is 0 Å². The van der Waals surface area contributed by atoms with Crippen molar-refractivity contribution in [2.45, 2.75) is 135 Å². The van der Waals surface area contributed by atoms with Crippen molar-refractivity contribution in [1.29, 1.82) is 0 Å². The van der Waals surface area contributed by atoms with Crippen molar-refractivity contribution in [3.8, 4) is 5.75 Å². The first-order chi connectivity index (χ1) is 27.9. The number of alkyl halides is 26. The Hall–Kier alpha value is -2.63. The highest BCUT2D eigenvalue weighted by Gasteiger charge is 2.92. The first kappa shape index (κ1) is 58.4. The van der Waals surface area contributed by atoms with Gasteiger partial charge in [0, 0.05) is 42.0 Å². The number of hydrogen-bond acceptors (Lipinski definition) is 4. The number of carbonyl (C=O) groups is 1.